The topological polar surface area (TPSA) is 158 Å². The monoisotopic (exact) mass is 888 g/mol. The Labute approximate surface area is 383 Å². The van der Waals surface area contributed by atoms with Crippen LogP contribution < -0.4 is 10.6 Å². The molecule has 5 N–H and O–H groups in total. The number of hydrogen-bond donors (Lipinski definition) is 5. The van der Waals surface area contributed by atoms with Crippen LogP contribution in [0.25, 0.3) is 0 Å². The van der Waals surface area contributed by atoms with Crippen LogP contribution in [0, 0.1) is 5.92 Å². The SMILES string of the molecule is CCCCCCCCCCCCCCCCCC(=O)N(CCCCCCCCCCCCCC)[C@@H]1O[C@H](CO)[C@H](O)[C@H](O)[C@H]1NC(=O)[C@H](CC(C)C)NC(=O)OCc1ccccc1. The van der Waals surface area contributed by atoms with Crippen molar-refractivity contribution >= 4 is 17.9 Å². The van der Waals surface area contributed by atoms with Crippen molar-refractivity contribution in [1.29, 1.82) is 0 Å². The van der Waals surface area contributed by atoms with Crippen molar-refractivity contribution in [2.45, 2.75) is 257 Å². The molecule has 11 heteroatoms. The number of benzene rings is 1. The van der Waals surface area contributed by atoms with E-state index in [1.54, 1.807) is 4.90 Å². The summed E-state index contributed by atoms with van der Waals surface area (Å²) in [5.41, 5.74) is 0.803. The first-order valence-corrected chi connectivity index (χ1v) is 25.8. The highest BCUT2D eigenvalue weighted by Crippen LogP contribution is 2.26. The Morgan fingerprint density at radius 3 is 1.59 bits per heavy atom. The van der Waals surface area contributed by atoms with E-state index < -0.39 is 55.2 Å². The van der Waals surface area contributed by atoms with Crippen molar-refractivity contribution in [3.8, 4) is 0 Å². The van der Waals surface area contributed by atoms with Crippen LogP contribution >= 0.6 is 0 Å². The molecule has 0 aliphatic carbocycles. The number of rotatable bonds is 38. The summed E-state index contributed by atoms with van der Waals surface area (Å²) in [6, 6.07) is 7.02. The maximum atomic E-state index is 14.2. The van der Waals surface area contributed by atoms with E-state index >= 15 is 0 Å². The minimum Gasteiger partial charge on any atom is -0.445 e. The number of hydrogen-bond acceptors (Lipinski definition) is 8. The second kappa shape index (κ2) is 36.5. The van der Waals surface area contributed by atoms with Crippen LogP contribution in [0.2, 0.25) is 0 Å². The molecule has 63 heavy (non-hydrogen) atoms. The highest BCUT2D eigenvalue weighted by Gasteiger charge is 2.48. The molecule has 1 aromatic rings. The highest BCUT2D eigenvalue weighted by molar-refractivity contribution is 5.86. The third-order valence-corrected chi connectivity index (χ3v) is 12.6. The molecule has 0 radical (unpaired) electrons. The largest absolute Gasteiger partial charge is 0.445 e. The van der Waals surface area contributed by atoms with Crippen LogP contribution in [0.3, 0.4) is 0 Å². The first-order chi connectivity index (χ1) is 30.6. The van der Waals surface area contributed by atoms with Crippen LogP contribution in [0.1, 0.15) is 219 Å². The van der Waals surface area contributed by atoms with Gasteiger partial charge in [-0.2, -0.15) is 0 Å². The number of nitrogens with one attached hydrogen (secondary N) is 2. The van der Waals surface area contributed by atoms with Gasteiger partial charge in [0.15, 0.2) is 6.23 Å². The first-order valence-electron chi connectivity index (χ1n) is 25.8. The van der Waals surface area contributed by atoms with Crippen LogP contribution in [0.15, 0.2) is 30.3 Å². The van der Waals surface area contributed by atoms with Gasteiger partial charge in [-0.1, -0.05) is 219 Å². The van der Waals surface area contributed by atoms with Crippen LogP contribution in [0.4, 0.5) is 4.79 Å². The molecule has 364 valence electrons. The van der Waals surface area contributed by atoms with Crippen molar-refractivity contribution in [2.24, 2.45) is 5.92 Å². The van der Waals surface area contributed by atoms with Crippen LogP contribution in [-0.4, -0.2) is 87.9 Å². The summed E-state index contributed by atoms with van der Waals surface area (Å²) >= 11 is 0. The normalized spacial score (nSPS) is 19.2. The van der Waals surface area contributed by atoms with Gasteiger partial charge in [0.25, 0.3) is 0 Å². The zero-order valence-electron chi connectivity index (χ0n) is 40.4. The van der Waals surface area contributed by atoms with E-state index in [0.29, 0.717) is 13.0 Å². The lowest BCUT2D eigenvalue weighted by atomic mass is 9.94. The lowest BCUT2D eigenvalue weighted by Gasteiger charge is -2.47. The number of nitrogens with zero attached hydrogens (tertiary/aromatic N) is 1. The van der Waals surface area contributed by atoms with Gasteiger partial charge in [0.1, 0.15) is 37.0 Å². The summed E-state index contributed by atoms with van der Waals surface area (Å²) in [5, 5.41) is 38.3. The van der Waals surface area contributed by atoms with Crippen molar-refractivity contribution < 1.29 is 39.2 Å². The van der Waals surface area contributed by atoms with E-state index in [1.165, 1.54) is 122 Å². The number of ether oxygens (including phenoxy) is 2. The second-order valence-corrected chi connectivity index (χ2v) is 18.8. The number of aliphatic hydroxyl groups is 3. The maximum Gasteiger partial charge on any atom is 0.408 e. The first kappa shape index (κ1) is 56.4. The van der Waals surface area contributed by atoms with Crippen molar-refractivity contribution in [3.63, 3.8) is 0 Å². The Hall–Kier alpha value is -2.73. The standard InChI is InChI=1S/C52H93N3O8/c1-5-7-9-11-13-15-17-19-20-21-22-24-26-28-33-37-46(57)55(38-34-29-27-25-23-18-16-14-12-10-8-6-2)51-47(49(59)48(58)45(40-56)63-51)54-50(60)44(39-42(3)4)53-52(61)62-41-43-35-31-30-32-36-43/h30-32,35-36,42,44-45,47-49,51,56,58-59H,5-29,33-34,37-41H2,1-4H3,(H,53,61)(H,54,60)/t44-,45+,47+,48-,49+,51+/m0/s1. The van der Waals surface area contributed by atoms with Gasteiger partial charge in [0.2, 0.25) is 11.8 Å². The molecular formula is C52H93N3O8. The van der Waals surface area contributed by atoms with Gasteiger partial charge in [-0.05, 0) is 30.7 Å². The molecule has 0 bridgehead atoms. The molecule has 1 saturated heterocycles. The molecule has 1 heterocycles. The fraction of sp³-hybridized carbons (Fsp3) is 0.827. The third kappa shape index (κ3) is 25.5. The maximum absolute atomic E-state index is 14.2. The molecule has 1 aromatic carbocycles. The van der Waals surface area contributed by atoms with E-state index in [-0.39, 0.29) is 24.9 Å². The Morgan fingerprint density at radius 2 is 1.13 bits per heavy atom. The summed E-state index contributed by atoms with van der Waals surface area (Å²) in [4.78, 5) is 42.8. The molecule has 2 rings (SSSR count). The molecule has 0 saturated carbocycles. The third-order valence-electron chi connectivity index (χ3n) is 12.6. The molecule has 11 nitrogen and oxygen atoms in total. The number of carbonyl (C=O) groups excluding carboxylic acids is 3. The fourth-order valence-corrected chi connectivity index (χ4v) is 8.70. The van der Waals surface area contributed by atoms with E-state index in [1.807, 2.05) is 44.2 Å². The smallest absolute Gasteiger partial charge is 0.408 e. The number of carbonyl (C=O) groups is 3. The molecule has 1 fully saturated rings. The summed E-state index contributed by atoms with van der Waals surface area (Å²) in [5.74, 6) is -0.715. The quantitative estimate of drug-likeness (QED) is 0.0411. The summed E-state index contributed by atoms with van der Waals surface area (Å²) < 4.78 is 11.7. The van der Waals surface area contributed by atoms with Crippen molar-refractivity contribution in [2.75, 3.05) is 13.2 Å². The van der Waals surface area contributed by atoms with Gasteiger partial charge in [0, 0.05) is 13.0 Å². The van der Waals surface area contributed by atoms with Gasteiger partial charge >= 0.3 is 6.09 Å². The van der Waals surface area contributed by atoms with E-state index in [4.69, 9.17) is 9.47 Å². The van der Waals surface area contributed by atoms with Gasteiger partial charge in [-0.3, -0.25) is 9.59 Å². The zero-order valence-corrected chi connectivity index (χ0v) is 40.4. The van der Waals surface area contributed by atoms with Gasteiger partial charge in [-0.15, -0.1) is 0 Å². The van der Waals surface area contributed by atoms with E-state index in [2.05, 4.69) is 24.5 Å². The molecule has 1 aliphatic heterocycles. The molecule has 1 aliphatic rings. The molecule has 0 aromatic heterocycles. The summed E-state index contributed by atoms with van der Waals surface area (Å²) in [7, 11) is 0. The van der Waals surface area contributed by atoms with Crippen molar-refractivity contribution in [3.05, 3.63) is 35.9 Å². The predicted molar refractivity (Wildman–Crippen MR) is 255 cm³/mol. The molecule has 0 unspecified atom stereocenters. The summed E-state index contributed by atoms with van der Waals surface area (Å²) in [6.45, 7) is 8.18. The van der Waals surface area contributed by atoms with Gasteiger partial charge < -0.3 is 40.3 Å². The lowest BCUT2D eigenvalue weighted by Crippen LogP contribution is -2.70. The number of aliphatic hydroxyl groups excluding tert-OH is 3. The van der Waals surface area contributed by atoms with Crippen molar-refractivity contribution in [1.82, 2.24) is 15.5 Å². The van der Waals surface area contributed by atoms with Crippen LogP contribution in [0.5, 0.6) is 0 Å². The Bertz CT molecular complexity index is 1290. The van der Waals surface area contributed by atoms with Crippen LogP contribution in [-0.2, 0) is 25.7 Å². The molecular weight excluding hydrogens is 795 g/mol. The average molecular weight is 888 g/mol. The number of amides is 3. The minimum absolute atomic E-state index is 0.0154. The molecule has 0 spiro atoms. The number of unbranched alkanes of at least 4 members (excludes halogenated alkanes) is 25. The summed E-state index contributed by atoms with van der Waals surface area (Å²) in [6.07, 6.45) is 27.0. The Balaban J connectivity index is 2.05. The number of alkyl carbamates (subject to hydrolysis) is 1. The molecule has 6 atom stereocenters. The Morgan fingerprint density at radius 1 is 0.667 bits per heavy atom. The minimum atomic E-state index is -1.54. The predicted octanol–water partition coefficient (Wildman–Crippen LogP) is 11.0. The highest BCUT2D eigenvalue weighted by atomic mass is 16.6. The van der Waals surface area contributed by atoms with E-state index in [9.17, 15) is 29.7 Å². The van der Waals surface area contributed by atoms with E-state index in [0.717, 1.165) is 56.9 Å². The molecule has 3 amide bonds. The lowest BCUT2D eigenvalue weighted by molar-refractivity contribution is -0.231. The average Bonchev–Trinajstić information content (AvgIpc) is 3.27. The fourth-order valence-electron chi connectivity index (χ4n) is 8.70. The van der Waals surface area contributed by atoms with Gasteiger partial charge in [-0.25, -0.2) is 4.79 Å². The Kier molecular flexibility index (Phi) is 32.7. The second-order valence-electron chi connectivity index (χ2n) is 18.8. The zero-order chi connectivity index (χ0) is 45.9. The van der Waals surface area contributed by atoms with Gasteiger partial charge in [0.05, 0.1) is 6.61 Å².